The zero-order valence-electron chi connectivity index (χ0n) is 32.9. The van der Waals surface area contributed by atoms with Gasteiger partial charge < -0.3 is 20.1 Å². The summed E-state index contributed by atoms with van der Waals surface area (Å²) in [4.78, 5) is 0. The van der Waals surface area contributed by atoms with Crippen LogP contribution in [0, 0.1) is 0 Å². The maximum absolute atomic E-state index is 12.1. The van der Waals surface area contributed by atoms with Gasteiger partial charge in [0.1, 0.15) is 23.0 Å². The lowest BCUT2D eigenvalue weighted by molar-refractivity contribution is 0.333. The summed E-state index contributed by atoms with van der Waals surface area (Å²) in [6.45, 7) is 28.9. The third-order valence-corrected chi connectivity index (χ3v) is 10.3. The van der Waals surface area contributed by atoms with Crippen LogP contribution in [0.4, 0.5) is 0 Å². The number of fused-ring (bicyclic) bond motifs is 8. The van der Waals surface area contributed by atoms with E-state index in [2.05, 4.69) is 132 Å². The summed E-state index contributed by atoms with van der Waals surface area (Å²) in [5, 5.41) is 36.1. The Morgan fingerprint density at radius 2 is 0.600 bits per heavy atom. The summed E-state index contributed by atoms with van der Waals surface area (Å²) in [6.07, 6.45) is 1.70. The molecule has 0 saturated carbocycles. The first kappa shape index (κ1) is 37.3. The van der Waals surface area contributed by atoms with Crippen molar-refractivity contribution in [1.82, 2.24) is 0 Å². The molecule has 1 aliphatic carbocycles. The molecule has 8 bridgehead atoms. The van der Waals surface area contributed by atoms with Crippen LogP contribution in [0.5, 0.6) is 23.0 Å². The third-order valence-electron chi connectivity index (χ3n) is 10.3. The Morgan fingerprint density at radius 3 is 0.800 bits per heavy atom. The fourth-order valence-electron chi connectivity index (χ4n) is 6.99. The van der Waals surface area contributed by atoms with Crippen LogP contribution in [0.2, 0.25) is 0 Å². The van der Waals surface area contributed by atoms with E-state index in [0.29, 0.717) is 32.3 Å². The van der Waals surface area contributed by atoms with E-state index >= 15 is 0 Å². The van der Waals surface area contributed by atoms with Gasteiger partial charge in [0, 0.05) is 25.7 Å². The van der Waals surface area contributed by atoms with E-state index in [0.717, 1.165) is 66.9 Å². The predicted octanol–water partition coefficient (Wildman–Crippen LogP) is 11.1. The molecule has 0 radical (unpaired) electrons. The van der Waals surface area contributed by atoms with Crippen LogP contribution in [0.15, 0.2) is 48.5 Å². The number of rotatable bonds is 2. The van der Waals surface area contributed by atoms with Gasteiger partial charge in [-0.3, -0.25) is 0 Å². The standard InChI is InChI=1S/C46H60O4/c1-14-50-42-33-17-31-23-36(44(5,6)7)21-29(40(31)48)15-27-19-35(43(2,3)4)20-28(39(27)47)16-30-22-37(45(8,9)10)24-32(41(30)49)18-34(42)26-38(25-33)46(11,12)13/h19-26,47-49H,14-18H2,1-13H3. The molecule has 0 atom stereocenters. The number of hydrogen-bond acceptors (Lipinski definition) is 4. The number of phenols is 3. The Balaban J connectivity index is 1.92. The van der Waals surface area contributed by atoms with Crippen molar-refractivity contribution in [1.29, 1.82) is 0 Å². The van der Waals surface area contributed by atoms with Gasteiger partial charge in [0.2, 0.25) is 0 Å². The molecule has 0 saturated heterocycles. The van der Waals surface area contributed by atoms with Gasteiger partial charge in [0.25, 0.3) is 0 Å². The lowest BCUT2D eigenvalue weighted by Gasteiger charge is -2.27. The minimum absolute atomic E-state index is 0.138. The average Bonchev–Trinajstić information content (AvgIpc) is 2.97. The predicted molar refractivity (Wildman–Crippen MR) is 208 cm³/mol. The van der Waals surface area contributed by atoms with Crippen LogP contribution < -0.4 is 4.74 Å². The van der Waals surface area contributed by atoms with Crippen molar-refractivity contribution in [2.45, 2.75) is 137 Å². The number of aromatic hydroxyl groups is 3. The highest BCUT2D eigenvalue weighted by Gasteiger charge is 2.28. The molecule has 0 spiro atoms. The number of phenolic OH excluding ortho intramolecular Hbond substituents is 3. The molecule has 0 amide bonds. The van der Waals surface area contributed by atoms with Crippen LogP contribution >= 0.6 is 0 Å². The Morgan fingerprint density at radius 1 is 0.400 bits per heavy atom. The lowest BCUT2D eigenvalue weighted by Crippen LogP contribution is -2.16. The monoisotopic (exact) mass is 676 g/mol. The van der Waals surface area contributed by atoms with Gasteiger partial charge in [0.05, 0.1) is 6.61 Å². The van der Waals surface area contributed by atoms with Crippen molar-refractivity contribution >= 4 is 0 Å². The second-order valence-electron chi connectivity index (χ2n) is 18.7. The van der Waals surface area contributed by atoms with E-state index in [1.807, 2.05) is 6.92 Å². The molecule has 4 heteroatoms. The van der Waals surface area contributed by atoms with Crippen LogP contribution in [0.25, 0.3) is 0 Å². The third kappa shape index (κ3) is 7.70. The van der Waals surface area contributed by atoms with Crippen LogP contribution in [-0.2, 0) is 47.3 Å². The van der Waals surface area contributed by atoms with Crippen molar-refractivity contribution in [3.8, 4) is 23.0 Å². The molecular weight excluding hydrogens is 617 g/mol. The molecule has 50 heavy (non-hydrogen) atoms. The van der Waals surface area contributed by atoms with E-state index in [1.54, 1.807) is 0 Å². The fourth-order valence-corrected chi connectivity index (χ4v) is 6.99. The summed E-state index contributed by atoms with van der Waals surface area (Å²) in [7, 11) is 0. The maximum atomic E-state index is 12.1. The molecule has 4 aromatic rings. The quantitative estimate of drug-likeness (QED) is 0.174. The first-order chi connectivity index (χ1) is 23.0. The maximum Gasteiger partial charge on any atom is 0.126 e. The Kier molecular flexibility index (Phi) is 9.71. The molecule has 268 valence electrons. The van der Waals surface area contributed by atoms with Gasteiger partial charge in [-0.15, -0.1) is 0 Å². The molecule has 0 fully saturated rings. The SMILES string of the molecule is CCOc1c2cc(C(C)(C)C)cc1Cc1cc(C(C)(C)C)cc(c1O)Cc1cc(C(C)(C)C)cc(c1O)Cc1cc(C(C)(C)C)cc(c1O)C2. The average molecular weight is 677 g/mol. The van der Waals surface area contributed by atoms with Gasteiger partial charge in [-0.25, -0.2) is 0 Å². The van der Waals surface area contributed by atoms with Crippen molar-refractivity contribution in [3.05, 3.63) is 115 Å². The van der Waals surface area contributed by atoms with Gasteiger partial charge >= 0.3 is 0 Å². The molecular formula is C46H60O4. The molecule has 1 aliphatic rings. The second kappa shape index (κ2) is 13.0. The minimum atomic E-state index is -0.178. The zero-order chi connectivity index (χ0) is 37.1. The van der Waals surface area contributed by atoms with E-state index in [1.165, 1.54) is 5.56 Å². The van der Waals surface area contributed by atoms with E-state index in [-0.39, 0.29) is 38.9 Å². The highest BCUT2D eigenvalue weighted by Crippen LogP contribution is 2.43. The van der Waals surface area contributed by atoms with Crippen molar-refractivity contribution in [2.75, 3.05) is 6.61 Å². The van der Waals surface area contributed by atoms with Gasteiger partial charge in [0.15, 0.2) is 0 Å². The molecule has 4 nitrogen and oxygen atoms in total. The summed E-state index contributed by atoms with van der Waals surface area (Å²) in [5.74, 6) is 1.55. The summed E-state index contributed by atoms with van der Waals surface area (Å²) >= 11 is 0. The molecule has 0 aliphatic heterocycles. The first-order valence-corrected chi connectivity index (χ1v) is 18.3. The first-order valence-electron chi connectivity index (χ1n) is 18.3. The molecule has 5 rings (SSSR count). The van der Waals surface area contributed by atoms with Crippen molar-refractivity contribution < 1.29 is 20.1 Å². The largest absolute Gasteiger partial charge is 0.507 e. The highest BCUT2D eigenvalue weighted by molar-refractivity contribution is 5.59. The van der Waals surface area contributed by atoms with Gasteiger partial charge in [-0.1, -0.05) is 132 Å². The summed E-state index contributed by atoms with van der Waals surface area (Å²) in [6, 6.07) is 17.2. The van der Waals surface area contributed by atoms with E-state index in [4.69, 9.17) is 4.74 Å². The zero-order valence-corrected chi connectivity index (χ0v) is 32.9. The minimum Gasteiger partial charge on any atom is -0.507 e. The normalized spacial score (nSPS) is 14.1. The van der Waals surface area contributed by atoms with E-state index < -0.39 is 0 Å². The van der Waals surface area contributed by atoms with Gasteiger partial charge in [-0.05, 0) is 95.3 Å². The number of hydrogen-bond donors (Lipinski definition) is 3. The molecule has 4 aromatic carbocycles. The van der Waals surface area contributed by atoms with Crippen LogP contribution in [0.3, 0.4) is 0 Å². The Hall–Kier alpha value is -3.92. The molecule has 3 N–H and O–H groups in total. The van der Waals surface area contributed by atoms with Crippen molar-refractivity contribution in [3.63, 3.8) is 0 Å². The Bertz CT molecular complexity index is 1800. The molecule has 0 unspecified atom stereocenters. The molecule has 0 heterocycles. The topological polar surface area (TPSA) is 69.9 Å². The van der Waals surface area contributed by atoms with Crippen LogP contribution in [0.1, 0.15) is 157 Å². The highest BCUT2D eigenvalue weighted by atomic mass is 16.5. The summed E-state index contributed by atoms with van der Waals surface area (Å²) < 4.78 is 6.50. The number of ether oxygens (including phenoxy) is 1. The lowest BCUT2D eigenvalue weighted by atomic mass is 9.79. The second-order valence-corrected chi connectivity index (χ2v) is 18.7. The Labute approximate surface area is 301 Å². The van der Waals surface area contributed by atoms with Crippen LogP contribution in [-0.4, -0.2) is 21.9 Å². The van der Waals surface area contributed by atoms with Crippen molar-refractivity contribution in [2.24, 2.45) is 0 Å². The summed E-state index contributed by atoms with van der Waals surface area (Å²) in [5.41, 5.74) is 10.7. The molecule has 0 aromatic heterocycles. The fraction of sp³-hybridized carbons (Fsp3) is 0.478. The number of benzene rings is 4. The van der Waals surface area contributed by atoms with Gasteiger partial charge in [-0.2, -0.15) is 0 Å². The van der Waals surface area contributed by atoms with E-state index in [9.17, 15) is 15.3 Å². The smallest absolute Gasteiger partial charge is 0.126 e.